The Morgan fingerprint density at radius 2 is 1.35 bits per heavy atom. The lowest BCUT2D eigenvalue weighted by Gasteiger charge is -2.19. The van der Waals surface area contributed by atoms with Gasteiger partial charge in [-0.1, -0.05) is 69.3 Å². The van der Waals surface area contributed by atoms with Crippen LogP contribution in [0.25, 0.3) is 31.7 Å². The van der Waals surface area contributed by atoms with E-state index in [1.54, 1.807) is 35.6 Å². The quantitative estimate of drug-likeness (QED) is 0.370. The average molecular weight is 449 g/mol. The van der Waals surface area contributed by atoms with E-state index in [0.717, 1.165) is 20.7 Å². The van der Waals surface area contributed by atoms with Crippen LogP contribution in [-0.2, 0) is 15.3 Å². The lowest BCUT2D eigenvalue weighted by molar-refractivity contribution is 0.590. The van der Waals surface area contributed by atoms with Crippen LogP contribution in [0.4, 0.5) is 0 Å². The third kappa shape index (κ3) is 4.21. The Morgan fingerprint density at radius 3 is 1.94 bits per heavy atom. The van der Waals surface area contributed by atoms with Gasteiger partial charge >= 0.3 is 0 Å². The first-order valence-corrected chi connectivity index (χ1v) is 12.7. The van der Waals surface area contributed by atoms with Crippen molar-refractivity contribution >= 4 is 31.3 Å². The number of fused-ring (bicyclic) bond motifs is 1. The fourth-order valence-corrected chi connectivity index (χ4v) is 5.43. The van der Waals surface area contributed by atoms with Gasteiger partial charge in [-0.3, -0.25) is 4.79 Å². The molecule has 0 aliphatic rings. The molecule has 0 atom stereocenters. The van der Waals surface area contributed by atoms with E-state index in [0.29, 0.717) is 10.9 Å². The fraction of sp³-hybridized carbons (Fsp3) is 0.192. The molecule has 0 radical (unpaired) electrons. The maximum absolute atomic E-state index is 13.5. The number of hydrogen-bond acceptors (Lipinski definition) is 4. The van der Waals surface area contributed by atoms with Crippen molar-refractivity contribution in [1.82, 2.24) is 0 Å². The van der Waals surface area contributed by atoms with E-state index in [-0.39, 0.29) is 15.7 Å². The topological polar surface area (TPSA) is 51.2 Å². The molecule has 31 heavy (non-hydrogen) atoms. The average Bonchev–Trinajstić information content (AvgIpc) is 2.73. The molecule has 3 nitrogen and oxygen atoms in total. The summed E-state index contributed by atoms with van der Waals surface area (Å²) >= 11 is 1.55. The third-order valence-corrected chi connectivity index (χ3v) is 7.73. The molecular formula is C26H24O3S2. The minimum Gasteiger partial charge on any atom is -0.288 e. The van der Waals surface area contributed by atoms with Crippen LogP contribution < -0.4 is 5.43 Å². The van der Waals surface area contributed by atoms with Gasteiger partial charge in [0.25, 0.3) is 0 Å². The van der Waals surface area contributed by atoms with Crippen LogP contribution in [0.2, 0.25) is 0 Å². The van der Waals surface area contributed by atoms with Gasteiger partial charge in [0, 0.05) is 26.8 Å². The van der Waals surface area contributed by atoms with Crippen molar-refractivity contribution in [1.29, 1.82) is 0 Å². The SMILES string of the molecule is CC(C)(C)c1ccc(-c2c(-c3ccc(S(C)(=O)=O)cc3)sc3ccccc3c2=O)cc1. The van der Waals surface area contributed by atoms with Crippen molar-refractivity contribution in [3.05, 3.63) is 88.6 Å². The molecule has 4 aromatic rings. The molecule has 0 fully saturated rings. The highest BCUT2D eigenvalue weighted by molar-refractivity contribution is 7.90. The second kappa shape index (κ2) is 7.74. The minimum atomic E-state index is -3.28. The Morgan fingerprint density at radius 1 is 0.774 bits per heavy atom. The molecule has 1 heterocycles. The van der Waals surface area contributed by atoms with Gasteiger partial charge in [-0.25, -0.2) is 8.42 Å². The molecule has 0 unspecified atom stereocenters. The molecule has 0 saturated carbocycles. The number of benzene rings is 3. The van der Waals surface area contributed by atoms with Gasteiger partial charge < -0.3 is 0 Å². The molecule has 0 aliphatic heterocycles. The molecule has 3 aromatic carbocycles. The Hall–Kier alpha value is -2.76. The summed E-state index contributed by atoms with van der Waals surface area (Å²) in [5, 5.41) is 0.693. The summed E-state index contributed by atoms with van der Waals surface area (Å²) in [5.41, 5.74) is 3.55. The first kappa shape index (κ1) is 21.5. The van der Waals surface area contributed by atoms with Crippen molar-refractivity contribution in [2.75, 3.05) is 6.26 Å². The zero-order valence-electron chi connectivity index (χ0n) is 18.0. The highest BCUT2D eigenvalue weighted by Crippen LogP contribution is 2.37. The third-order valence-electron chi connectivity index (χ3n) is 5.38. The van der Waals surface area contributed by atoms with Crippen molar-refractivity contribution in [3.8, 4) is 21.6 Å². The standard InChI is InChI=1S/C26H24O3S2/c1-26(2,3)19-13-9-17(10-14-19)23-24(27)21-7-5-6-8-22(21)30-25(23)18-11-15-20(16-12-18)31(4,28)29/h5-16H,1-4H3. The number of hydrogen-bond donors (Lipinski definition) is 0. The molecule has 4 rings (SSSR count). The summed E-state index contributed by atoms with van der Waals surface area (Å²) in [4.78, 5) is 14.6. The second-order valence-electron chi connectivity index (χ2n) is 8.76. The van der Waals surface area contributed by atoms with Crippen LogP contribution in [0.5, 0.6) is 0 Å². The zero-order chi connectivity index (χ0) is 22.4. The maximum Gasteiger partial charge on any atom is 0.196 e. The summed E-state index contributed by atoms with van der Waals surface area (Å²) < 4.78 is 24.6. The molecule has 5 heteroatoms. The van der Waals surface area contributed by atoms with Crippen LogP contribution in [-0.4, -0.2) is 14.7 Å². The van der Waals surface area contributed by atoms with Crippen LogP contribution in [0.3, 0.4) is 0 Å². The minimum absolute atomic E-state index is 0.0138. The van der Waals surface area contributed by atoms with E-state index >= 15 is 0 Å². The van der Waals surface area contributed by atoms with Gasteiger partial charge in [0.1, 0.15) is 0 Å². The molecule has 0 N–H and O–H groups in total. The summed E-state index contributed by atoms with van der Waals surface area (Å²) in [5.74, 6) is 0. The van der Waals surface area contributed by atoms with Crippen LogP contribution in [0.1, 0.15) is 26.3 Å². The van der Waals surface area contributed by atoms with Gasteiger partial charge in [0.15, 0.2) is 15.3 Å². The van der Waals surface area contributed by atoms with E-state index in [4.69, 9.17) is 0 Å². The van der Waals surface area contributed by atoms with Gasteiger partial charge in [-0.05, 0) is 46.4 Å². The van der Waals surface area contributed by atoms with E-state index in [2.05, 4.69) is 32.9 Å². The van der Waals surface area contributed by atoms with Gasteiger partial charge in [-0.15, -0.1) is 11.3 Å². The molecular weight excluding hydrogens is 424 g/mol. The smallest absolute Gasteiger partial charge is 0.196 e. The van der Waals surface area contributed by atoms with Crippen molar-refractivity contribution in [2.45, 2.75) is 31.1 Å². The lowest BCUT2D eigenvalue weighted by atomic mass is 9.86. The molecule has 0 bridgehead atoms. The van der Waals surface area contributed by atoms with Crippen molar-refractivity contribution in [2.24, 2.45) is 0 Å². The van der Waals surface area contributed by atoms with Crippen LogP contribution in [0.15, 0.2) is 82.5 Å². The predicted molar refractivity (Wildman–Crippen MR) is 131 cm³/mol. The fourth-order valence-electron chi connectivity index (χ4n) is 3.60. The summed E-state index contributed by atoms with van der Waals surface area (Å²) in [6, 6.07) is 22.5. The lowest BCUT2D eigenvalue weighted by Crippen LogP contribution is -2.11. The largest absolute Gasteiger partial charge is 0.288 e. The first-order chi connectivity index (χ1) is 14.6. The molecule has 0 saturated heterocycles. The van der Waals surface area contributed by atoms with Gasteiger partial charge in [0.05, 0.1) is 4.90 Å². The Labute approximate surface area is 186 Å². The first-order valence-electron chi connectivity index (χ1n) is 10.0. The second-order valence-corrected chi connectivity index (χ2v) is 11.8. The summed E-state index contributed by atoms with van der Waals surface area (Å²) in [6.07, 6.45) is 1.19. The maximum atomic E-state index is 13.5. The van der Waals surface area contributed by atoms with Crippen LogP contribution >= 0.6 is 11.3 Å². The summed E-state index contributed by atoms with van der Waals surface area (Å²) in [6.45, 7) is 6.48. The van der Waals surface area contributed by atoms with E-state index in [9.17, 15) is 13.2 Å². The molecule has 0 aliphatic carbocycles. The highest BCUT2D eigenvalue weighted by Gasteiger charge is 2.18. The Kier molecular flexibility index (Phi) is 5.36. The Balaban J connectivity index is 1.98. The van der Waals surface area contributed by atoms with Gasteiger partial charge in [0.2, 0.25) is 0 Å². The Bertz CT molecular complexity index is 1420. The van der Waals surface area contributed by atoms with E-state index in [1.165, 1.54) is 11.8 Å². The molecule has 0 amide bonds. The zero-order valence-corrected chi connectivity index (χ0v) is 19.6. The molecule has 0 spiro atoms. The normalized spacial score (nSPS) is 12.3. The monoisotopic (exact) mass is 448 g/mol. The highest BCUT2D eigenvalue weighted by atomic mass is 32.2. The van der Waals surface area contributed by atoms with Gasteiger partial charge in [-0.2, -0.15) is 0 Å². The van der Waals surface area contributed by atoms with E-state index in [1.807, 2.05) is 36.4 Å². The van der Waals surface area contributed by atoms with E-state index < -0.39 is 9.84 Å². The van der Waals surface area contributed by atoms with Crippen molar-refractivity contribution in [3.63, 3.8) is 0 Å². The van der Waals surface area contributed by atoms with Crippen molar-refractivity contribution < 1.29 is 8.42 Å². The molecule has 1 aromatic heterocycles. The summed E-state index contributed by atoms with van der Waals surface area (Å²) in [7, 11) is -3.28. The molecule has 158 valence electrons. The predicted octanol–water partition coefficient (Wildman–Crippen LogP) is 6.30. The van der Waals surface area contributed by atoms with Crippen LogP contribution in [0, 0.1) is 0 Å². The number of sulfone groups is 1. The number of rotatable bonds is 3.